The molecule has 2 N–H and O–H groups in total. The molecule has 0 spiro atoms. The van der Waals surface area contributed by atoms with Gasteiger partial charge in [-0.15, -0.1) is 5.10 Å². The fourth-order valence-corrected chi connectivity index (χ4v) is 2.10. The summed E-state index contributed by atoms with van der Waals surface area (Å²) in [6.07, 6.45) is 1.52. The van der Waals surface area contributed by atoms with Gasteiger partial charge in [-0.1, -0.05) is 6.92 Å². The van der Waals surface area contributed by atoms with Crippen LogP contribution in [-0.4, -0.2) is 45.4 Å². The number of nitriles is 1. The summed E-state index contributed by atoms with van der Waals surface area (Å²) in [6, 6.07) is 6.59. The molecule has 1 unspecified atom stereocenters. The monoisotopic (exact) mass is 345 g/mol. The van der Waals surface area contributed by atoms with Gasteiger partial charge < -0.3 is 10.0 Å². The summed E-state index contributed by atoms with van der Waals surface area (Å²) in [7, 11) is 1.47. The number of amides is 2. The maximum Gasteiger partial charge on any atom is 0.322 e. The molecule has 0 saturated heterocycles. The molecule has 2 amide bonds. The fourth-order valence-electron chi connectivity index (χ4n) is 2.10. The van der Waals surface area contributed by atoms with Gasteiger partial charge in [0.2, 0.25) is 0 Å². The van der Waals surface area contributed by atoms with Crippen LogP contribution in [0.1, 0.15) is 12.5 Å². The average molecular weight is 345 g/mol. The predicted molar refractivity (Wildman–Crippen MR) is 86.7 cm³/mol. The molecular weight excluding hydrogens is 329 g/mol. The summed E-state index contributed by atoms with van der Waals surface area (Å²) in [5, 5.41) is 24.6. The van der Waals surface area contributed by atoms with Crippen molar-refractivity contribution in [3.63, 3.8) is 0 Å². The Hall–Kier alpha value is -3.41. The molecule has 0 aliphatic rings. The highest BCUT2D eigenvalue weighted by atomic mass is 19.1. The van der Waals surface area contributed by atoms with E-state index in [4.69, 9.17) is 10.4 Å². The Morgan fingerprint density at radius 1 is 1.48 bits per heavy atom. The quantitative estimate of drug-likeness (QED) is 0.862. The number of halogens is 1. The van der Waals surface area contributed by atoms with E-state index in [-0.39, 0.29) is 17.9 Å². The van der Waals surface area contributed by atoms with Crippen LogP contribution in [0.2, 0.25) is 0 Å². The van der Waals surface area contributed by atoms with Crippen LogP contribution in [0.4, 0.5) is 15.0 Å². The van der Waals surface area contributed by atoms with Gasteiger partial charge >= 0.3 is 12.0 Å². The first kappa shape index (κ1) is 17.9. The molecule has 0 radical (unpaired) electrons. The van der Waals surface area contributed by atoms with Gasteiger partial charge in [-0.3, -0.25) is 10.1 Å². The van der Waals surface area contributed by atoms with E-state index in [0.717, 1.165) is 6.07 Å². The van der Waals surface area contributed by atoms with Crippen molar-refractivity contribution in [3.8, 4) is 11.8 Å². The molecule has 25 heavy (non-hydrogen) atoms. The van der Waals surface area contributed by atoms with Gasteiger partial charge in [0.05, 0.1) is 17.2 Å². The van der Waals surface area contributed by atoms with Crippen LogP contribution in [0.5, 0.6) is 0 Å². The topological polar surface area (TPSA) is 111 Å². The number of hydrogen-bond acceptors (Lipinski definition) is 4. The second-order valence-corrected chi connectivity index (χ2v) is 5.47. The summed E-state index contributed by atoms with van der Waals surface area (Å²) < 4.78 is 14.5. The molecule has 0 bridgehead atoms. The lowest BCUT2D eigenvalue weighted by molar-refractivity contribution is -0.141. The highest BCUT2D eigenvalue weighted by Gasteiger charge is 2.18. The third-order valence-corrected chi connectivity index (χ3v) is 3.47. The lowest BCUT2D eigenvalue weighted by atomic mass is 10.2. The number of aliphatic carboxylic acids is 1. The number of carboxylic acids is 1. The number of hydrogen-bond donors (Lipinski definition) is 2. The van der Waals surface area contributed by atoms with E-state index in [1.807, 2.05) is 6.07 Å². The first-order valence-electron chi connectivity index (χ1n) is 7.32. The molecule has 1 aromatic carbocycles. The maximum atomic E-state index is 13.2. The summed E-state index contributed by atoms with van der Waals surface area (Å²) >= 11 is 0. The Balaban J connectivity index is 2.11. The zero-order chi connectivity index (χ0) is 18.6. The molecule has 1 aromatic heterocycles. The van der Waals surface area contributed by atoms with Crippen LogP contribution >= 0.6 is 0 Å². The molecule has 0 saturated carbocycles. The largest absolute Gasteiger partial charge is 0.481 e. The lowest BCUT2D eigenvalue weighted by Crippen LogP contribution is -2.36. The van der Waals surface area contributed by atoms with E-state index in [9.17, 15) is 14.0 Å². The minimum Gasteiger partial charge on any atom is -0.481 e. The number of anilines is 1. The Bertz CT molecular complexity index is 843. The van der Waals surface area contributed by atoms with Gasteiger partial charge in [0.1, 0.15) is 11.9 Å². The third-order valence-electron chi connectivity index (χ3n) is 3.47. The van der Waals surface area contributed by atoms with Crippen LogP contribution in [-0.2, 0) is 4.79 Å². The Morgan fingerprint density at radius 2 is 2.20 bits per heavy atom. The molecule has 1 atom stereocenters. The number of rotatable bonds is 5. The Morgan fingerprint density at radius 3 is 2.84 bits per heavy atom. The summed E-state index contributed by atoms with van der Waals surface area (Å²) in [5.74, 6) is -2.02. The molecule has 0 aliphatic heterocycles. The molecule has 0 fully saturated rings. The summed E-state index contributed by atoms with van der Waals surface area (Å²) in [4.78, 5) is 24.1. The number of nitrogens with zero attached hydrogens (tertiary/aromatic N) is 4. The highest BCUT2D eigenvalue weighted by molar-refractivity contribution is 5.88. The molecule has 1 heterocycles. The van der Waals surface area contributed by atoms with Crippen molar-refractivity contribution >= 4 is 17.8 Å². The molecule has 2 aromatic rings. The number of aromatic nitrogens is 2. The van der Waals surface area contributed by atoms with Crippen LogP contribution in [0, 0.1) is 23.1 Å². The van der Waals surface area contributed by atoms with Crippen LogP contribution in [0.3, 0.4) is 0 Å². The van der Waals surface area contributed by atoms with Crippen LogP contribution < -0.4 is 5.32 Å². The van der Waals surface area contributed by atoms with Crippen LogP contribution in [0.15, 0.2) is 30.5 Å². The molecular formula is C16H16FN5O3. The van der Waals surface area contributed by atoms with Crippen molar-refractivity contribution in [2.24, 2.45) is 5.92 Å². The van der Waals surface area contributed by atoms with Crippen molar-refractivity contribution in [1.29, 1.82) is 5.26 Å². The molecule has 130 valence electrons. The highest BCUT2D eigenvalue weighted by Crippen LogP contribution is 2.16. The minimum atomic E-state index is -0.996. The molecule has 8 nitrogen and oxygen atoms in total. The second kappa shape index (κ2) is 7.44. The second-order valence-electron chi connectivity index (χ2n) is 5.47. The first-order chi connectivity index (χ1) is 11.8. The molecule has 9 heteroatoms. The van der Waals surface area contributed by atoms with Gasteiger partial charge in [0, 0.05) is 25.9 Å². The number of carbonyl (C=O) groups is 2. The van der Waals surface area contributed by atoms with E-state index >= 15 is 0 Å². The summed E-state index contributed by atoms with van der Waals surface area (Å²) in [5.41, 5.74) is 0.477. The summed E-state index contributed by atoms with van der Waals surface area (Å²) in [6.45, 7) is 1.54. The molecule has 2 rings (SSSR count). The smallest absolute Gasteiger partial charge is 0.322 e. The number of benzene rings is 1. The Kier molecular flexibility index (Phi) is 5.34. The number of carboxylic acid groups (broad SMARTS) is 1. The third kappa shape index (κ3) is 4.32. The zero-order valence-electron chi connectivity index (χ0n) is 13.6. The average Bonchev–Trinajstić information content (AvgIpc) is 3.02. The standard InChI is InChI=1S/C16H16FN5O3/c1-10(15(23)24)9-21(2)16(25)19-14-5-6-22(20-14)13-4-3-12(17)7-11(13)8-18/h3-7,10H,9H2,1-2H3,(H,23,24)(H,19,20,25). The zero-order valence-corrected chi connectivity index (χ0v) is 13.6. The Labute approximate surface area is 143 Å². The van der Waals surface area contributed by atoms with Crippen molar-refractivity contribution in [2.75, 3.05) is 18.9 Å². The SMILES string of the molecule is CC(CN(C)C(=O)Nc1ccn(-c2ccc(F)cc2C#N)n1)C(=O)O. The van der Waals surface area contributed by atoms with Gasteiger partial charge in [0.15, 0.2) is 5.82 Å². The van der Waals surface area contributed by atoms with Gasteiger partial charge in [0.25, 0.3) is 0 Å². The van der Waals surface area contributed by atoms with E-state index in [2.05, 4.69) is 10.4 Å². The van der Waals surface area contributed by atoms with Crippen molar-refractivity contribution in [1.82, 2.24) is 14.7 Å². The van der Waals surface area contributed by atoms with Gasteiger partial charge in [-0.05, 0) is 18.2 Å². The van der Waals surface area contributed by atoms with E-state index in [0.29, 0.717) is 5.69 Å². The number of urea groups is 1. The normalized spacial score (nSPS) is 11.4. The fraction of sp³-hybridized carbons (Fsp3) is 0.250. The van der Waals surface area contributed by atoms with Crippen molar-refractivity contribution < 1.29 is 19.1 Å². The number of nitrogens with one attached hydrogen (secondary N) is 1. The van der Waals surface area contributed by atoms with E-state index in [1.54, 1.807) is 0 Å². The molecule has 0 aliphatic carbocycles. The lowest BCUT2D eigenvalue weighted by Gasteiger charge is -2.19. The van der Waals surface area contributed by atoms with E-state index in [1.165, 1.54) is 47.9 Å². The first-order valence-corrected chi connectivity index (χ1v) is 7.32. The number of carbonyl (C=O) groups excluding carboxylic acids is 1. The van der Waals surface area contributed by atoms with Crippen LogP contribution in [0.25, 0.3) is 5.69 Å². The maximum absolute atomic E-state index is 13.2. The van der Waals surface area contributed by atoms with Gasteiger partial charge in [-0.2, -0.15) is 5.26 Å². The van der Waals surface area contributed by atoms with Crippen molar-refractivity contribution in [2.45, 2.75) is 6.92 Å². The van der Waals surface area contributed by atoms with Crippen molar-refractivity contribution in [3.05, 3.63) is 41.8 Å². The van der Waals surface area contributed by atoms with E-state index < -0.39 is 23.7 Å². The predicted octanol–water partition coefficient (Wildman–Crippen LogP) is 2.07. The van der Waals surface area contributed by atoms with Gasteiger partial charge in [-0.25, -0.2) is 13.9 Å². The minimum absolute atomic E-state index is 0.0401.